The molecule has 7 nitrogen and oxygen atoms in total. The van der Waals surface area contributed by atoms with E-state index in [1.54, 1.807) is 4.90 Å². The van der Waals surface area contributed by atoms with E-state index in [1.165, 1.54) is 6.08 Å². The molecule has 146 valence electrons. The van der Waals surface area contributed by atoms with Gasteiger partial charge in [-0.3, -0.25) is 20.1 Å². The van der Waals surface area contributed by atoms with Gasteiger partial charge in [0.2, 0.25) is 11.9 Å². The Labute approximate surface area is 163 Å². The van der Waals surface area contributed by atoms with Crippen LogP contribution in [0.25, 0.3) is 0 Å². The number of allylic oxidation sites excluding steroid dienone is 3. The van der Waals surface area contributed by atoms with Crippen molar-refractivity contribution in [3.63, 3.8) is 0 Å². The highest BCUT2D eigenvalue weighted by atomic mass is 19.1. The molecule has 3 heterocycles. The summed E-state index contributed by atoms with van der Waals surface area (Å²) in [5.41, 5.74) is 3.47. The van der Waals surface area contributed by atoms with Crippen molar-refractivity contribution in [3.05, 3.63) is 47.1 Å². The van der Waals surface area contributed by atoms with Crippen molar-refractivity contribution in [2.24, 2.45) is 9.98 Å². The zero-order chi connectivity index (χ0) is 19.8. The second kappa shape index (κ2) is 7.18. The molecule has 2 aliphatic heterocycles. The minimum Gasteiger partial charge on any atom is -0.277 e. The lowest BCUT2D eigenvalue weighted by Gasteiger charge is -2.38. The number of carbonyl (C=O) groups excluding carboxylic acids is 1. The average molecular weight is 382 g/mol. The summed E-state index contributed by atoms with van der Waals surface area (Å²) in [5, 5.41) is 2.89. The SMILES string of the molecule is CCN1C(=O)NC(=Nc2ccc(C)nc2C)N2C1=NCC2C1=CC=C(F)CC1. The molecule has 1 aromatic rings. The zero-order valence-corrected chi connectivity index (χ0v) is 16.2. The highest BCUT2D eigenvalue weighted by Gasteiger charge is 2.42. The van der Waals surface area contributed by atoms with E-state index >= 15 is 0 Å². The van der Waals surface area contributed by atoms with Gasteiger partial charge >= 0.3 is 6.03 Å². The van der Waals surface area contributed by atoms with Crippen LogP contribution in [-0.4, -0.2) is 51.9 Å². The van der Waals surface area contributed by atoms with E-state index < -0.39 is 0 Å². The van der Waals surface area contributed by atoms with Gasteiger partial charge in [-0.05, 0) is 51.0 Å². The van der Waals surface area contributed by atoms with Crippen LogP contribution in [0.5, 0.6) is 0 Å². The first-order valence-electron chi connectivity index (χ1n) is 9.48. The van der Waals surface area contributed by atoms with Crippen molar-refractivity contribution in [3.8, 4) is 0 Å². The van der Waals surface area contributed by atoms with E-state index in [2.05, 4.69) is 15.3 Å². The van der Waals surface area contributed by atoms with Crippen LogP contribution in [0.3, 0.4) is 0 Å². The molecule has 0 aromatic carbocycles. The first kappa shape index (κ1) is 18.3. The van der Waals surface area contributed by atoms with Crippen LogP contribution in [0.1, 0.15) is 31.2 Å². The number of hydrogen-bond donors (Lipinski definition) is 1. The lowest BCUT2D eigenvalue weighted by molar-refractivity contribution is 0.218. The molecule has 1 unspecified atom stereocenters. The van der Waals surface area contributed by atoms with Gasteiger partial charge < -0.3 is 0 Å². The van der Waals surface area contributed by atoms with Crippen LogP contribution in [0.4, 0.5) is 14.9 Å². The molecular formula is C20H23FN6O. The molecule has 0 saturated carbocycles. The summed E-state index contributed by atoms with van der Waals surface area (Å²) in [6.45, 7) is 6.73. The Bertz CT molecular complexity index is 948. The Morgan fingerprint density at radius 2 is 2.11 bits per heavy atom. The number of nitrogens with zero attached hydrogens (tertiary/aromatic N) is 5. The summed E-state index contributed by atoms with van der Waals surface area (Å²) in [5.74, 6) is 0.907. The molecule has 4 rings (SSSR count). The molecule has 3 aliphatic rings. The Morgan fingerprint density at radius 3 is 2.79 bits per heavy atom. The van der Waals surface area contributed by atoms with Crippen LogP contribution >= 0.6 is 0 Å². The minimum atomic E-state index is -0.252. The van der Waals surface area contributed by atoms with Gasteiger partial charge in [-0.15, -0.1) is 0 Å². The van der Waals surface area contributed by atoms with Crippen molar-refractivity contribution in [2.45, 2.75) is 39.7 Å². The summed E-state index contributed by atoms with van der Waals surface area (Å²) in [4.78, 5) is 29.9. The number of pyridine rings is 1. The fourth-order valence-electron chi connectivity index (χ4n) is 3.70. The fourth-order valence-corrected chi connectivity index (χ4v) is 3.70. The van der Waals surface area contributed by atoms with Crippen molar-refractivity contribution < 1.29 is 9.18 Å². The topological polar surface area (TPSA) is 73.2 Å². The normalized spacial score (nSPS) is 23.3. The third-order valence-electron chi connectivity index (χ3n) is 5.16. The Morgan fingerprint density at radius 1 is 1.29 bits per heavy atom. The van der Waals surface area contributed by atoms with Crippen molar-refractivity contribution >= 4 is 23.6 Å². The minimum absolute atomic E-state index is 0.0912. The Balaban J connectivity index is 1.75. The predicted octanol–water partition coefficient (Wildman–Crippen LogP) is 3.34. The maximum absolute atomic E-state index is 13.5. The second-order valence-electron chi connectivity index (χ2n) is 7.05. The number of rotatable bonds is 3. The molecule has 1 aliphatic carbocycles. The molecule has 2 amide bonds. The van der Waals surface area contributed by atoms with E-state index in [-0.39, 0.29) is 17.9 Å². The molecule has 1 aromatic heterocycles. The van der Waals surface area contributed by atoms with Crippen molar-refractivity contribution in [1.82, 2.24) is 20.1 Å². The molecule has 1 N–H and O–H groups in total. The molecule has 1 saturated heterocycles. The van der Waals surface area contributed by atoms with Gasteiger partial charge in [-0.25, -0.2) is 19.2 Å². The van der Waals surface area contributed by atoms with Crippen molar-refractivity contribution in [1.29, 1.82) is 0 Å². The number of fused-ring (bicyclic) bond motifs is 1. The Hall–Kier alpha value is -3.03. The van der Waals surface area contributed by atoms with Crippen molar-refractivity contribution in [2.75, 3.05) is 13.1 Å². The van der Waals surface area contributed by atoms with Gasteiger partial charge in [0.1, 0.15) is 5.83 Å². The third kappa shape index (κ3) is 3.19. The van der Waals surface area contributed by atoms with Gasteiger partial charge in [0, 0.05) is 18.7 Å². The standard InChI is InChI=1S/C20H23FN6O/c1-4-26-19-22-11-17(14-6-8-15(21)9-7-14)27(19)18(25-20(26)28)24-16-10-5-12(2)23-13(16)3/h5-6,8,10,17H,4,7,9,11H2,1-3H3,(H,24,25,28). The van der Waals surface area contributed by atoms with E-state index in [9.17, 15) is 9.18 Å². The summed E-state index contributed by atoms with van der Waals surface area (Å²) in [6.07, 6.45) is 4.36. The first-order chi connectivity index (χ1) is 13.5. The molecule has 1 atom stereocenters. The average Bonchev–Trinajstić information content (AvgIpc) is 3.10. The maximum atomic E-state index is 13.5. The zero-order valence-electron chi connectivity index (χ0n) is 16.2. The third-order valence-corrected chi connectivity index (χ3v) is 5.16. The van der Waals surface area contributed by atoms with Gasteiger partial charge in [-0.1, -0.05) is 6.08 Å². The van der Waals surface area contributed by atoms with Crippen LogP contribution in [0, 0.1) is 13.8 Å². The summed E-state index contributed by atoms with van der Waals surface area (Å²) in [6, 6.07) is 3.44. The van der Waals surface area contributed by atoms with Crippen LogP contribution in [-0.2, 0) is 0 Å². The highest BCUT2D eigenvalue weighted by Crippen LogP contribution is 2.30. The van der Waals surface area contributed by atoms with E-state index in [0.717, 1.165) is 17.0 Å². The monoisotopic (exact) mass is 382 g/mol. The van der Waals surface area contributed by atoms with Crippen LogP contribution in [0.2, 0.25) is 0 Å². The summed E-state index contributed by atoms with van der Waals surface area (Å²) in [7, 11) is 0. The van der Waals surface area contributed by atoms with E-state index in [0.29, 0.717) is 43.5 Å². The smallest absolute Gasteiger partial charge is 0.277 e. The number of halogens is 1. The molecular weight excluding hydrogens is 359 g/mol. The lowest BCUT2D eigenvalue weighted by atomic mass is 9.96. The predicted molar refractivity (Wildman–Crippen MR) is 106 cm³/mol. The summed E-state index contributed by atoms with van der Waals surface area (Å²) >= 11 is 0. The number of aliphatic imine (C=N–C) groups is 2. The molecule has 28 heavy (non-hydrogen) atoms. The number of hydrogen-bond acceptors (Lipinski definition) is 4. The molecule has 0 spiro atoms. The number of aromatic nitrogens is 1. The van der Waals surface area contributed by atoms with Gasteiger partial charge in [0.25, 0.3) is 0 Å². The van der Waals surface area contributed by atoms with E-state index in [4.69, 9.17) is 4.99 Å². The van der Waals surface area contributed by atoms with Crippen LogP contribution < -0.4 is 5.32 Å². The van der Waals surface area contributed by atoms with Crippen LogP contribution in [0.15, 0.2) is 45.7 Å². The first-order valence-corrected chi connectivity index (χ1v) is 9.48. The van der Waals surface area contributed by atoms with Gasteiger partial charge in [0.15, 0.2) is 0 Å². The molecule has 0 radical (unpaired) electrons. The molecule has 8 heteroatoms. The van der Waals surface area contributed by atoms with Gasteiger partial charge in [-0.2, -0.15) is 0 Å². The van der Waals surface area contributed by atoms with Gasteiger partial charge in [0.05, 0.1) is 24.0 Å². The fraction of sp³-hybridized carbons (Fsp3) is 0.400. The Kier molecular flexibility index (Phi) is 4.70. The number of urea groups is 1. The quantitative estimate of drug-likeness (QED) is 0.871. The maximum Gasteiger partial charge on any atom is 0.330 e. The number of amides is 2. The number of nitrogens with one attached hydrogen (secondary N) is 1. The number of aryl methyl sites for hydroxylation is 2. The number of guanidine groups is 2. The highest BCUT2D eigenvalue weighted by molar-refractivity contribution is 6.16. The largest absolute Gasteiger partial charge is 0.330 e. The summed E-state index contributed by atoms with van der Waals surface area (Å²) < 4.78 is 13.5. The van der Waals surface area contributed by atoms with E-state index in [1.807, 2.05) is 43.9 Å². The number of carbonyl (C=O) groups is 1. The lowest BCUT2D eigenvalue weighted by Crippen LogP contribution is -2.64. The second-order valence-corrected chi connectivity index (χ2v) is 7.05. The molecule has 0 bridgehead atoms. The molecule has 1 fully saturated rings.